The Kier molecular flexibility index (Phi) is 2.83. The number of methoxy groups -OCH3 is 2. The molecule has 4 nitrogen and oxygen atoms in total. The van der Waals surface area contributed by atoms with Crippen LogP contribution in [0.1, 0.15) is 6.42 Å². The van der Waals surface area contributed by atoms with Gasteiger partial charge < -0.3 is 14.2 Å². The summed E-state index contributed by atoms with van der Waals surface area (Å²) in [5.74, 6) is -0.204. The van der Waals surface area contributed by atoms with Crippen LogP contribution < -0.4 is 0 Å². The lowest BCUT2D eigenvalue weighted by Crippen LogP contribution is -2.17. The average Bonchev–Trinajstić information content (AvgIpc) is 2.46. The molecule has 0 bridgehead atoms. The molecule has 0 N–H and O–H groups in total. The van der Waals surface area contributed by atoms with Gasteiger partial charge in [0.15, 0.2) is 12.6 Å². The van der Waals surface area contributed by atoms with Crippen molar-refractivity contribution in [2.45, 2.75) is 19.0 Å². The molecule has 1 saturated heterocycles. The minimum absolute atomic E-state index is 0.204. The highest BCUT2D eigenvalue weighted by atomic mass is 16.8. The second kappa shape index (κ2) is 3.67. The molecule has 0 saturated carbocycles. The van der Waals surface area contributed by atoms with Gasteiger partial charge in [0.1, 0.15) is 5.92 Å². The summed E-state index contributed by atoms with van der Waals surface area (Å²) < 4.78 is 15.0. The summed E-state index contributed by atoms with van der Waals surface area (Å²) in [6.07, 6.45) is -0.125. The summed E-state index contributed by atoms with van der Waals surface area (Å²) in [7, 11) is 3.07. The van der Waals surface area contributed by atoms with Gasteiger partial charge in [0.05, 0.1) is 6.07 Å². The standard InChI is InChI=1S/C7H11NO3/c1-9-6-3-5(4-8)7(10-2)11-6/h5-7H,3H2,1-2H3. The maximum atomic E-state index is 8.62. The topological polar surface area (TPSA) is 51.5 Å². The Morgan fingerprint density at radius 2 is 2.18 bits per heavy atom. The fourth-order valence-corrected chi connectivity index (χ4v) is 1.10. The highest BCUT2D eigenvalue weighted by molar-refractivity contribution is 4.89. The van der Waals surface area contributed by atoms with Gasteiger partial charge >= 0.3 is 0 Å². The molecule has 1 aliphatic rings. The zero-order valence-corrected chi connectivity index (χ0v) is 6.61. The number of hydrogen-bond donors (Lipinski definition) is 0. The number of hydrogen-bond acceptors (Lipinski definition) is 4. The Labute approximate surface area is 65.7 Å². The van der Waals surface area contributed by atoms with Crippen molar-refractivity contribution in [2.75, 3.05) is 14.2 Å². The monoisotopic (exact) mass is 157 g/mol. The molecule has 1 fully saturated rings. The van der Waals surface area contributed by atoms with E-state index in [9.17, 15) is 0 Å². The number of nitriles is 1. The van der Waals surface area contributed by atoms with Crippen molar-refractivity contribution < 1.29 is 14.2 Å². The molecule has 11 heavy (non-hydrogen) atoms. The van der Waals surface area contributed by atoms with Crippen LogP contribution in [0.25, 0.3) is 0 Å². The second-order valence-corrected chi connectivity index (χ2v) is 2.38. The van der Waals surface area contributed by atoms with E-state index in [1.807, 2.05) is 0 Å². The predicted octanol–water partition coefficient (Wildman–Crippen LogP) is 0.491. The van der Waals surface area contributed by atoms with Gasteiger partial charge in [0.25, 0.3) is 0 Å². The third-order valence-electron chi connectivity index (χ3n) is 1.72. The molecule has 4 heteroatoms. The number of ether oxygens (including phenoxy) is 3. The van der Waals surface area contributed by atoms with Crippen LogP contribution in [0, 0.1) is 17.2 Å². The first kappa shape index (κ1) is 8.47. The zero-order valence-electron chi connectivity index (χ0n) is 6.61. The molecule has 1 heterocycles. The molecule has 0 aromatic heterocycles. The van der Waals surface area contributed by atoms with E-state index in [0.717, 1.165) is 0 Å². The van der Waals surface area contributed by atoms with Crippen LogP contribution in [0.4, 0.5) is 0 Å². The molecular formula is C7H11NO3. The molecule has 0 spiro atoms. The van der Waals surface area contributed by atoms with Gasteiger partial charge in [0, 0.05) is 20.6 Å². The Morgan fingerprint density at radius 1 is 1.45 bits per heavy atom. The van der Waals surface area contributed by atoms with E-state index in [-0.39, 0.29) is 12.2 Å². The second-order valence-electron chi connectivity index (χ2n) is 2.38. The molecule has 3 unspecified atom stereocenters. The van der Waals surface area contributed by atoms with Crippen LogP contribution in [0.2, 0.25) is 0 Å². The Bertz CT molecular complexity index is 166. The third-order valence-corrected chi connectivity index (χ3v) is 1.72. The SMILES string of the molecule is COC1CC(C#N)C(OC)O1. The average molecular weight is 157 g/mol. The van der Waals surface area contributed by atoms with Crippen molar-refractivity contribution in [2.24, 2.45) is 5.92 Å². The minimum Gasteiger partial charge on any atom is -0.356 e. The summed E-state index contributed by atoms with van der Waals surface area (Å²) in [4.78, 5) is 0. The van der Waals surface area contributed by atoms with Crippen LogP contribution in [-0.2, 0) is 14.2 Å². The van der Waals surface area contributed by atoms with Gasteiger partial charge in [-0.05, 0) is 0 Å². The van der Waals surface area contributed by atoms with E-state index in [4.69, 9.17) is 19.5 Å². The minimum atomic E-state index is -0.426. The summed E-state index contributed by atoms with van der Waals surface area (Å²) >= 11 is 0. The quantitative estimate of drug-likeness (QED) is 0.585. The lowest BCUT2D eigenvalue weighted by atomic mass is 10.1. The maximum Gasteiger partial charge on any atom is 0.176 e. The molecule has 0 aromatic rings. The Balaban J connectivity index is 2.49. The van der Waals surface area contributed by atoms with Gasteiger partial charge in [-0.3, -0.25) is 0 Å². The maximum absolute atomic E-state index is 8.62. The first-order valence-electron chi connectivity index (χ1n) is 3.42. The van der Waals surface area contributed by atoms with E-state index in [0.29, 0.717) is 6.42 Å². The highest BCUT2D eigenvalue weighted by Crippen LogP contribution is 2.26. The number of rotatable bonds is 2. The zero-order chi connectivity index (χ0) is 8.27. The molecule has 0 amide bonds. The lowest BCUT2D eigenvalue weighted by Gasteiger charge is -2.10. The Morgan fingerprint density at radius 3 is 2.55 bits per heavy atom. The van der Waals surface area contributed by atoms with Crippen LogP contribution >= 0.6 is 0 Å². The van der Waals surface area contributed by atoms with Crippen molar-refractivity contribution in [1.82, 2.24) is 0 Å². The van der Waals surface area contributed by atoms with Gasteiger partial charge in [-0.25, -0.2) is 0 Å². The molecule has 0 radical (unpaired) electrons. The van der Waals surface area contributed by atoms with Gasteiger partial charge in [-0.1, -0.05) is 0 Å². The van der Waals surface area contributed by atoms with E-state index in [2.05, 4.69) is 6.07 Å². The lowest BCUT2D eigenvalue weighted by molar-refractivity contribution is -0.190. The predicted molar refractivity (Wildman–Crippen MR) is 36.4 cm³/mol. The van der Waals surface area contributed by atoms with E-state index < -0.39 is 6.29 Å². The number of nitrogens with zero attached hydrogens (tertiary/aromatic N) is 1. The highest BCUT2D eigenvalue weighted by Gasteiger charge is 2.35. The summed E-state index contributed by atoms with van der Waals surface area (Å²) in [5, 5.41) is 8.62. The van der Waals surface area contributed by atoms with E-state index in [1.165, 1.54) is 7.11 Å². The van der Waals surface area contributed by atoms with Gasteiger partial charge in [0.2, 0.25) is 0 Å². The molecule has 3 atom stereocenters. The molecular weight excluding hydrogens is 146 g/mol. The molecule has 62 valence electrons. The van der Waals surface area contributed by atoms with Crippen molar-refractivity contribution in [1.29, 1.82) is 5.26 Å². The molecule has 0 aliphatic carbocycles. The molecule has 1 rings (SSSR count). The van der Waals surface area contributed by atoms with Crippen LogP contribution in [0.5, 0.6) is 0 Å². The van der Waals surface area contributed by atoms with Crippen LogP contribution in [0.15, 0.2) is 0 Å². The van der Waals surface area contributed by atoms with Crippen molar-refractivity contribution in [3.05, 3.63) is 0 Å². The smallest absolute Gasteiger partial charge is 0.176 e. The molecule has 1 aliphatic heterocycles. The summed E-state index contributed by atoms with van der Waals surface area (Å²) in [6, 6.07) is 2.10. The largest absolute Gasteiger partial charge is 0.356 e. The van der Waals surface area contributed by atoms with Crippen molar-refractivity contribution in [3.8, 4) is 6.07 Å². The Hall–Kier alpha value is -0.630. The van der Waals surface area contributed by atoms with Crippen molar-refractivity contribution in [3.63, 3.8) is 0 Å². The van der Waals surface area contributed by atoms with E-state index in [1.54, 1.807) is 7.11 Å². The summed E-state index contributed by atoms with van der Waals surface area (Å²) in [5.41, 5.74) is 0. The first-order chi connectivity index (χ1) is 5.31. The normalized spacial score (nSPS) is 37.0. The van der Waals surface area contributed by atoms with Crippen molar-refractivity contribution >= 4 is 0 Å². The third kappa shape index (κ3) is 1.69. The first-order valence-corrected chi connectivity index (χ1v) is 3.42. The fraction of sp³-hybridized carbons (Fsp3) is 0.857. The van der Waals surface area contributed by atoms with E-state index >= 15 is 0 Å². The fourth-order valence-electron chi connectivity index (χ4n) is 1.10. The van der Waals surface area contributed by atoms with Crippen LogP contribution in [-0.4, -0.2) is 26.8 Å². The summed E-state index contributed by atoms with van der Waals surface area (Å²) in [6.45, 7) is 0. The van der Waals surface area contributed by atoms with Gasteiger partial charge in [-0.15, -0.1) is 0 Å². The molecule has 0 aromatic carbocycles. The van der Waals surface area contributed by atoms with Crippen LogP contribution in [0.3, 0.4) is 0 Å². The van der Waals surface area contributed by atoms with Gasteiger partial charge in [-0.2, -0.15) is 5.26 Å².